The number of halogens is 2. The van der Waals surface area contributed by atoms with Crippen LogP contribution < -0.4 is 0 Å². The summed E-state index contributed by atoms with van der Waals surface area (Å²) in [5.74, 6) is -3.84. The fourth-order valence-electron chi connectivity index (χ4n) is 2.00. The molecule has 0 atom stereocenters. The van der Waals surface area contributed by atoms with Crippen molar-refractivity contribution in [1.82, 2.24) is 4.90 Å². The number of aliphatic carboxylic acids is 1. The Hall–Kier alpha value is -2.76. The second-order valence-corrected chi connectivity index (χ2v) is 4.66. The molecule has 0 aromatic heterocycles. The Bertz CT molecular complexity index is 689. The fraction of sp³-hybridized carbons (Fsp3) is 0.125. The van der Waals surface area contributed by atoms with Gasteiger partial charge in [0.05, 0.1) is 5.56 Å². The van der Waals surface area contributed by atoms with E-state index in [9.17, 15) is 18.4 Å². The van der Waals surface area contributed by atoms with E-state index in [-0.39, 0.29) is 12.1 Å². The van der Waals surface area contributed by atoms with Gasteiger partial charge in [0, 0.05) is 12.6 Å². The zero-order chi connectivity index (χ0) is 16.1. The van der Waals surface area contributed by atoms with Gasteiger partial charge in [-0.15, -0.1) is 0 Å². The summed E-state index contributed by atoms with van der Waals surface area (Å²) in [5, 5.41) is 8.92. The van der Waals surface area contributed by atoms with Gasteiger partial charge >= 0.3 is 5.97 Å². The van der Waals surface area contributed by atoms with E-state index in [4.69, 9.17) is 5.11 Å². The number of carbonyl (C=O) groups excluding carboxylic acids is 1. The van der Waals surface area contributed by atoms with Crippen molar-refractivity contribution in [2.24, 2.45) is 0 Å². The monoisotopic (exact) mass is 305 g/mol. The lowest BCUT2D eigenvalue weighted by Crippen LogP contribution is -2.35. The number of hydrogen-bond donors (Lipinski definition) is 1. The van der Waals surface area contributed by atoms with Gasteiger partial charge < -0.3 is 10.0 Å². The summed E-state index contributed by atoms with van der Waals surface area (Å²) in [4.78, 5) is 24.2. The summed E-state index contributed by atoms with van der Waals surface area (Å²) in [6.07, 6.45) is 0. The van der Waals surface area contributed by atoms with E-state index in [0.717, 1.165) is 17.0 Å². The first-order valence-electron chi connectivity index (χ1n) is 6.47. The van der Waals surface area contributed by atoms with Crippen molar-refractivity contribution in [3.8, 4) is 0 Å². The summed E-state index contributed by atoms with van der Waals surface area (Å²) in [6, 6.07) is 11.3. The summed E-state index contributed by atoms with van der Waals surface area (Å²) >= 11 is 0. The lowest BCUT2D eigenvalue weighted by molar-refractivity contribution is -0.137. The molecule has 22 heavy (non-hydrogen) atoms. The molecule has 0 spiro atoms. The molecule has 0 heterocycles. The van der Waals surface area contributed by atoms with E-state index in [1.807, 2.05) is 0 Å². The van der Waals surface area contributed by atoms with Crippen LogP contribution in [0.3, 0.4) is 0 Å². The predicted octanol–water partition coefficient (Wildman–Crippen LogP) is 2.69. The standard InChI is InChI=1S/C16H13F2NO3/c17-12-6-7-13(14(18)8-12)16(22)19(10-15(20)21)9-11-4-2-1-3-5-11/h1-8H,9-10H2,(H,20,21). The van der Waals surface area contributed by atoms with E-state index in [1.54, 1.807) is 30.3 Å². The van der Waals surface area contributed by atoms with Crippen LogP contribution in [0.25, 0.3) is 0 Å². The highest BCUT2D eigenvalue weighted by Gasteiger charge is 2.22. The molecular weight excluding hydrogens is 292 g/mol. The Morgan fingerprint density at radius 3 is 2.32 bits per heavy atom. The maximum Gasteiger partial charge on any atom is 0.323 e. The van der Waals surface area contributed by atoms with Crippen LogP contribution in [0.1, 0.15) is 15.9 Å². The van der Waals surface area contributed by atoms with Crippen LogP contribution >= 0.6 is 0 Å². The summed E-state index contributed by atoms with van der Waals surface area (Å²) in [5.41, 5.74) is 0.346. The van der Waals surface area contributed by atoms with Crippen LogP contribution in [0.5, 0.6) is 0 Å². The normalized spacial score (nSPS) is 10.3. The third-order valence-corrected chi connectivity index (χ3v) is 2.99. The smallest absolute Gasteiger partial charge is 0.323 e. The van der Waals surface area contributed by atoms with Gasteiger partial charge in [-0.2, -0.15) is 0 Å². The second-order valence-electron chi connectivity index (χ2n) is 4.66. The van der Waals surface area contributed by atoms with Gasteiger partial charge in [-0.1, -0.05) is 30.3 Å². The molecule has 1 N–H and O–H groups in total. The molecular formula is C16H13F2NO3. The van der Waals surface area contributed by atoms with Crippen LogP contribution in [0.4, 0.5) is 8.78 Å². The maximum atomic E-state index is 13.7. The summed E-state index contributed by atoms with van der Waals surface area (Å²) in [7, 11) is 0. The highest BCUT2D eigenvalue weighted by Crippen LogP contribution is 2.14. The molecule has 2 aromatic carbocycles. The second kappa shape index (κ2) is 6.80. The van der Waals surface area contributed by atoms with Crippen molar-refractivity contribution in [3.05, 3.63) is 71.3 Å². The first kappa shape index (κ1) is 15.6. The molecule has 2 rings (SSSR count). The first-order chi connectivity index (χ1) is 10.5. The van der Waals surface area contributed by atoms with Crippen LogP contribution in [0, 0.1) is 11.6 Å². The van der Waals surface area contributed by atoms with Gasteiger partial charge in [-0.3, -0.25) is 9.59 Å². The van der Waals surface area contributed by atoms with Crippen molar-refractivity contribution in [1.29, 1.82) is 0 Å². The molecule has 0 aliphatic heterocycles. The molecule has 0 saturated heterocycles. The zero-order valence-electron chi connectivity index (χ0n) is 11.5. The number of amides is 1. The Balaban J connectivity index is 2.28. The molecule has 6 heteroatoms. The molecule has 0 aliphatic carbocycles. The molecule has 4 nitrogen and oxygen atoms in total. The molecule has 0 fully saturated rings. The quantitative estimate of drug-likeness (QED) is 0.924. The van der Waals surface area contributed by atoms with E-state index in [0.29, 0.717) is 11.6 Å². The highest BCUT2D eigenvalue weighted by molar-refractivity contribution is 5.96. The Morgan fingerprint density at radius 2 is 1.73 bits per heavy atom. The number of carbonyl (C=O) groups is 2. The van der Waals surface area contributed by atoms with E-state index in [2.05, 4.69) is 0 Å². The number of benzene rings is 2. The van der Waals surface area contributed by atoms with Gasteiger partial charge in [0.1, 0.15) is 18.2 Å². The number of carboxylic acids is 1. The van der Waals surface area contributed by atoms with Crippen molar-refractivity contribution in [2.45, 2.75) is 6.54 Å². The topological polar surface area (TPSA) is 57.6 Å². The molecule has 0 radical (unpaired) electrons. The van der Waals surface area contributed by atoms with E-state index >= 15 is 0 Å². The van der Waals surface area contributed by atoms with Crippen LogP contribution in [0.2, 0.25) is 0 Å². The van der Waals surface area contributed by atoms with Crippen molar-refractivity contribution in [2.75, 3.05) is 6.54 Å². The van der Waals surface area contributed by atoms with Gasteiger partial charge in [-0.25, -0.2) is 8.78 Å². The third kappa shape index (κ3) is 3.88. The van der Waals surface area contributed by atoms with Crippen LogP contribution in [-0.2, 0) is 11.3 Å². The minimum Gasteiger partial charge on any atom is -0.480 e. The lowest BCUT2D eigenvalue weighted by Gasteiger charge is -2.21. The fourth-order valence-corrected chi connectivity index (χ4v) is 2.00. The predicted molar refractivity (Wildman–Crippen MR) is 75.2 cm³/mol. The first-order valence-corrected chi connectivity index (χ1v) is 6.47. The van der Waals surface area contributed by atoms with Gasteiger partial charge in [0.2, 0.25) is 0 Å². The average Bonchev–Trinajstić information content (AvgIpc) is 2.46. The van der Waals surface area contributed by atoms with Crippen LogP contribution in [0.15, 0.2) is 48.5 Å². The number of hydrogen-bond acceptors (Lipinski definition) is 2. The molecule has 1 amide bonds. The summed E-state index contributed by atoms with van der Waals surface area (Å²) < 4.78 is 26.6. The average molecular weight is 305 g/mol. The molecule has 0 saturated carbocycles. The van der Waals surface area contributed by atoms with Gasteiger partial charge in [0.25, 0.3) is 5.91 Å². The molecule has 0 bridgehead atoms. The minimum atomic E-state index is -1.22. The van der Waals surface area contributed by atoms with Crippen molar-refractivity contribution >= 4 is 11.9 Å². The third-order valence-electron chi connectivity index (χ3n) is 2.99. The molecule has 0 unspecified atom stereocenters. The van der Waals surface area contributed by atoms with Crippen LogP contribution in [-0.4, -0.2) is 28.4 Å². The highest BCUT2D eigenvalue weighted by atomic mass is 19.1. The molecule has 114 valence electrons. The van der Waals surface area contributed by atoms with Crippen molar-refractivity contribution in [3.63, 3.8) is 0 Å². The number of rotatable bonds is 5. The zero-order valence-corrected chi connectivity index (χ0v) is 11.5. The van der Waals surface area contributed by atoms with E-state index in [1.165, 1.54) is 0 Å². The number of nitrogens with zero attached hydrogens (tertiary/aromatic N) is 1. The Labute approximate surface area is 125 Å². The maximum absolute atomic E-state index is 13.7. The van der Waals surface area contributed by atoms with E-state index < -0.39 is 30.1 Å². The number of carboxylic acid groups (broad SMARTS) is 1. The Morgan fingerprint density at radius 1 is 1.05 bits per heavy atom. The minimum absolute atomic E-state index is 0.0167. The van der Waals surface area contributed by atoms with Gasteiger partial charge in [-0.05, 0) is 17.7 Å². The largest absolute Gasteiger partial charge is 0.480 e. The van der Waals surface area contributed by atoms with Gasteiger partial charge in [0.15, 0.2) is 0 Å². The molecule has 2 aromatic rings. The molecule has 0 aliphatic rings. The summed E-state index contributed by atoms with van der Waals surface area (Å²) in [6.45, 7) is -0.562. The Kier molecular flexibility index (Phi) is 4.83. The SMILES string of the molecule is O=C(O)CN(Cc1ccccc1)C(=O)c1ccc(F)cc1F. The van der Waals surface area contributed by atoms with Crippen molar-refractivity contribution < 1.29 is 23.5 Å². The lowest BCUT2D eigenvalue weighted by atomic mass is 10.1.